The lowest BCUT2D eigenvalue weighted by atomic mass is 9.82. The number of carbonyl (C=O) groups excluding carboxylic acids is 1. The summed E-state index contributed by atoms with van der Waals surface area (Å²) in [4.78, 5) is 20.5. The van der Waals surface area contributed by atoms with Crippen LogP contribution in [0.5, 0.6) is 0 Å². The molecule has 0 aromatic carbocycles. The number of amides is 1. The summed E-state index contributed by atoms with van der Waals surface area (Å²) in [6.07, 6.45) is 8.96. The van der Waals surface area contributed by atoms with Crippen molar-refractivity contribution in [3.63, 3.8) is 0 Å². The summed E-state index contributed by atoms with van der Waals surface area (Å²) in [7, 11) is 0. The Kier molecular flexibility index (Phi) is 4.24. The highest BCUT2D eigenvalue weighted by atomic mass is 16.1. The lowest BCUT2D eigenvalue weighted by Crippen LogP contribution is -2.17. The zero-order chi connectivity index (χ0) is 14.5. The second-order valence-corrected chi connectivity index (χ2v) is 5.53. The molecule has 4 heteroatoms. The van der Waals surface area contributed by atoms with Gasteiger partial charge >= 0.3 is 0 Å². The molecule has 1 aliphatic carbocycles. The lowest BCUT2D eigenvalue weighted by Gasteiger charge is -2.24. The van der Waals surface area contributed by atoms with Gasteiger partial charge in [0, 0.05) is 24.4 Å². The molecule has 1 N–H and O–H groups in total. The van der Waals surface area contributed by atoms with Crippen molar-refractivity contribution in [3.8, 4) is 11.3 Å². The van der Waals surface area contributed by atoms with Crippen LogP contribution in [0.3, 0.4) is 0 Å². The van der Waals surface area contributed by atoms with Gasteiger partial charge in [0.2, 0.25) is 5.91 Å². The van der Waals surface area contributed by atoms with E-state index in [0.717, 1.165) is 23.6 Å². The van der Waals surface area contributed by atoms with Gasteiger partial charge in [-0.3, -0.25) is 9.78 Å². The van der Waals surface area contributed by atoms with Crippen molar-refractivity contribution >= 4 is 11.7 Å². The van der Waals surface area contributed by atoms with Gasteiger partial charge in [0.15, 0.2) is 0 Å². The Balaban J connectivity index is 1.61. The van der Waals surface area contributed by atoms with Crippen LogP contribution in [0, 0.1) is 5.92 Å². The molecule has 1 fully saturated rings. The van der Waals surface area contributed by atoms with Gasteiger partial charge in [-0.25, -0.2) is 4.98 Å². The first-order valence-electron chi connectivity index (χ1n) is 7.48. The zero-order valence-electron chi connectivity index (χ0n) is 12.0. The number of nitrogens with zero attached hydrogens (tertiary/aromatic N) is 2. The quantitative estimate of drug-likeness (QED) is 0.910. The maximum absolute atomic E-state index is 11.9. The number of rotatable bonds is 5. The second kappa shape index (κ2) is 6.48. The van der Waals surface area contributed by atoms with Gasteiger partial charge in [-0.15, -0.1) is 0 Å². The van der Waals surface area contributed by atoms with Gasteiger partial charge in [0.1, 0.15) is 5.82 Å². The summed E-state index contributed by atoms with van der Waals surface area (Å²) in [5, 5.41) is 2.89. The minimum absolute atomic E-state index is 0.0535. The van der Waals surface area contributed by atoms with E-state index in [0.29, 0.717) is 12.2 Å². The van der Waals surface area contributed by atoms with E-state index in [1.54, 1.807) is 12.4 Å². The smallest absolute Gasteiger partial charge is 0.225 e. The average molecular weight is 281 g/mol. The van der Waals surface area contributed by atoms with Crippen LogP contribution in [0.1, 0.15) is 32.1 Å². The first-order valence-corrected chi connectivity index (χ1v) is 7.48. The number of nitrogens with one attached hydrogen (secondary N) is 1. The minimum atomic E-state index is 0.0535. The van der Waals surface area contributed by atoms with Gasteiger partial charge in [0.25, 0.3) is 0 Å². The summed E-state index contributed by atoms with van der Waals surface area (Å²) in [6.45, 7) is 0. The van der Waals surface area contributed by atoms with Gasteiger partial charge in [-0.05, 0) is 36.6 Å². The number of anilines is 1. The maximum Gasteiger partial charge on any atom is 0.225 e. The fourth-order valence-electron chi connectivity index (χ4n) is 2.50. The van der Waals surface area contributed by atoms with E-state index in [4.69, 9.17) is 0 Å². The van der Waals surface area contributed by atoms with Crippen molar-refractivity contribution < 1.29 is 4.79 Å². The molecule has 1 aliphatic rings. The molecule has 108 valence electrons. The van der Waals surface area contributed by atoms with Crippen LogP contribution in [-0.2, 0) is 4.79 Å². The summed E-state index contributed by atoms with van der Waals surface area (Å²) in [6, 6.07) is 9.47. The van der Waals surface area contributed by atoms with Crippen LogP contribution in [-0.4, -0.2) is 15.9 Å². The number of pyridine rings is 2. The highest BCUT2D eigenvalue weighted by molar-refractivity contribution is 5.90. The van der Waals surface area contributed by atoms with Gasteiger partial charge in [0.05, 0.1) is 5.69 Å². The Morgan fingerprint density at radius 1 is 1.24 bits per heavy atom. The normalized spacial score (nSPS) is 14.5. The van der Waals surface area contributed by atoms with E-state index in [1.165, 1.54) is 19.3 Å². The van der Waals surface area contributed by atoms with Gasteiger partial charge in [-0.1, -0.05) is 25.3 Å². The Morgan fingerprint density at radius 3 is 2.86 bits per heavy atom. The van der Waals surface area contributed by atoms with E-state index in [-0.39, 0.29) is 5.91 Å². The van der Waals surface area contributed by atoms with Crippen molar-refractivity contribution in [2.45, 2.75) is 32.1 Å². The third kappa shape index (κ3) is 3.66. The standard InChI is InChI=1S/C17H19N3O/c21-17(10-9-13-4-1-5-13)20-16-8-2-7-15(19-16)14-6-3-11-18-12-14/h2-3,6-8,11-13H,1,4-5,9-10H2,(H,19,20,21). The molecule has 0 unspecified atom stereocenters. The molecule has 0 aliphatic heterocycles. The number of carbonyl (C=O) groups is 1. The molecule has 3 rings (SSSR count). The van der Waals surface area contributed by atoms with E-state index in [2.05, 4.69) is 15.3 Å². The molecular weight excluding hydrogens is 262 g/mol. The van der Waals surface area contributed by atoms with Crippen molar-refractivity contribution in [3.05, 3.63) is 42.7 Å². The van der Waals surface area contributed by atoms with Crippen LogP contribution in [0.4, 0.5) is 5.82 Å². The lowest BCUT2D eigenvalue weighted by molar-refractivity contribution is -0.116. The van der Waals surface area contributed by atoms with Crippen molar-refractivity contribution in [1.82, 2.24) is 9.97 Å². The summed E-state index contributed by atoms with van der Waals surface area (Å²) >= 11 is 0. The fourth-order valence-corrected chi connectivity index (χ4v) is 2.50. The molecule has 2 heterocycles. The van der Waals surface area contributed by atoms with Gasteiger partial charge < -0.3 is 5.32 Å². The van der Waals surface area contributed by atoms with Crippen molar-refractivity contribution in [1.29, 1.82) is 0 Å². The van der Waals surface area contributed by atoms with Crippen LogP contribution in [0.15, 0.2) is 42.7 Å². The highest BCUT2D eigenvalue weighted by Gasteiger charge is 2.18. The molecule has 2 aromatic heterocycles. The number of hydrogen-bond donors (Lipinski definition) is 1. The molecule has 1 saturated carbocycles. The van der Waals surface area contributed by atoms with Crippen LogP contribution in [0.25, 0.3) is 11.3 Å². The highest BCUT2D eigenvalue weighted by Crippen LogP contribution is 2.30. The summed E-state index contributed by atoms with van der Waals surface area (Å²) in [5.41, 5.74) is 1.77. The predicted molar refractivity (Wildman–Crippen MR) is 82.7 cm³/mol. The van der Waals surface area contributed by atoms with E-state index >= 15 is 0 Å². The first kappa shape index (κ1) is 13.7. The topological polar surface area (TPSA) is 54.9 Å². The number of aromatic nitrogens is 2. The molecule has 0 saturated heterocycles. The molecule has 0 spiro atoms. The molecule has 4 nitrogen and oxygen atoms in total. The Labute approximate surface area is 124 Å². The predicted octanol–water partition coefficient (Wildman–Crippen LogP) is 3.66. The molecule has 21 heavy (non-hydrogen) atoms. The molecular formula is C17H19N3O. The Bertz CT molecular complexity index is 608. The minimum Gasteiger partial charge on any atom is -0.311 e. The second-order valence-electron chi connectivity index (χ2n) is 5.53. The third-order valence-corrected chi connectivity index (χ3v) is 3.98. The fraction of sp³-hybridized carbons (Fsp3) is 0.353. The molecule has 1 amide bonds. The molecule has 0 radical (unpaired) electrons. The largest absolute Gasteiger partial charge is 0.311 e. The Hall–Kier alpha value is -2.23. The summed E-state index contributed by atoms with van der Waals surface area (Å²) < 4.78 is 0. The van der Waals surface area contributed by atoms with E-state index in [9.17, 15) is 4.79 Å². The maximum atomic E-state index is 11.9. The van der Waals surface area contributed by atoms with Crippen LogP contribution >= 0.6 is 0 Å². The molecule has 0 atom stereocenters. The SMILES string of the molecule is O=C(CCC1CCC1)Nc1cccc(-c2cccnc2)n1. The van der Waals surface area contributed by atoms with E-state index in [1.807, 2.05) is 30.3 Å². The van der Waals surface area contributed by atoms with Crippen molar-refractivity contribution in [2.24, 2.45) is 5.92 Å². The Morgan fingerprint density at radius 2 is 2.14 bits per heavy atom. The van der Waals surface area contributed by atoms with Crippen LogP contribution in [0.2, 0.25) is 0 Å². The van der Waals surface area contributed by atoms with E-state index < -0.39 is 0 Å². The molecule has 2 aromatic rings. The van der Waals surface area contributed by atoms with Gasteiger partial charge in [-0.2, -0.15) is 0 Å². The third-order valence-electron chi connectivity index (χ3n) is 3.98. The monoisotopic (exact) mass is 281 g/mol. The number of hydrogen-bond acceptors (Lipinski definition) is 3. The summed E-state index contributed by atoms with van der Waals surface area (Å²) in [5.74, 6) is 1.41. The van der Waals surface area contributed by atoms with Crippen LogP contribution < -0.4 is 5.32 Å². The average Bonchev–Trinajstić information content (AvgIpc) is 2.47. The zero-order valence-corrected chi connectivity index (χ0v) is 12.0. The molecule has 0 bridgehead atoms. The van der Waals surface area contributed by atoms with Crippen molar-refractivity contribution in [2.75, 3.05) is 5.32 Å². The first-order chi connectivity index (χ1) is 10.3.